The van der Waals surface area contributed by atoms with Gasteiger partial charge in [-0.15, -0.1) is 0 Å². The third-order valence-electron chi connectivity index (χ3n) is 4.59. The Kier molecular flexibility index (Phi) is 1.96. The summed E-state index contributed by atoms with van der Waals surface area (Å²) in [7, 11) is 0. The molecule has 82 valence electrons. The molecule has 0 saturated heterocycles. The number of aryl methyl sites for hydroxylation is 1. The first kappa shape index (κ1) is 9.46. The molecule has 2 aliphatic rings. The maximum absolute atomic E-state index is 5.87. The van der Waals surface area contributed by atoms with Gasteiger partial charge in [-0.2, -0.15) is 0 Å². The molecule has 1 aromatic rings. The van der Waals surface area contributed by atoms with Gasteiger partial charge in [-0.3, -0.25) is 0 Å². The molecule has 2 heteroatoms. The van der Waals surface area contributed by atoms with Crippen LogP contribution >= 0.6 is 0 Å². The highest BCUT2D eigenvalue weighted by Crippen LogP contribution is 2.63. The lowest BCUT2D eigenvalue weighted by atomic mass is 9.68. The standard InChI is InChI=1S/C13H20N2/c1-9(6-14)12-11-8-15-7-10(11)2-3-13(12)4-5-13/h7-9,12,15H,2-6,14H2,1H3. The zero-order chi connectivity index (χ0) is 10.5. The first-order valence-corrected chi connectivity index (χ1v) is 6.12. The van der Waals surface area contributed by atoms with Gasteiger partial charge >= 0.3 is 0 Å². The van der Waals surface area contributed by atoms with Crippen LogP contribution < -0.4 is 5.73 Å². The van der Waals surface area contributed by atoms with Crippen molar-refractivity contribution in [2.24, 2.45) is 17.1 Å². The predicted octanol–water partition coefficient (Wildman–Crippen LogP) is 2.42. The first-order valence-electron chi connectivity index (χ1n) is 6.12. The third kappa shape index (κ3) is 1.27. The van der Waals surface area contributed by atoms with Crippen LogP contribution in [0.1, 0.15) is 43.2 Å². The third-order valence-corrected chi connectivity index (χ3v) is 4.59. The van der Waals surface area contributed by atoms with E-state index in [4.69, 9.17) is 5.73 Å². The normalized spacial score (nSPS) is 28.8. The molecular formula is C13H20N2. The van der Waals surface area contributed by atoms with E-state index in [0.29, 0.717) is 11.3 Å². The largest absolute Gasteiger partial charge is 0.367 e. The number of aromatic amines is 1. The van der Waals surface area contributed by atoms with Crippen molar-refractivity contribution in [1.29, 1.82) is 0 Å². The summed E-state index contributed by atoms with van der Waals surface area (Å²) >= 11 is 0. The monoisotopic (exact) mass is 204 g/mol. The van der Waals surface area contributed by atoms with Crippen molar-refractivity contribution in [3.63, 3.8) is 0 Å². The molecule has 2 atom stereocenters. The Labute approximate surface area is 91.3 Å². The lowest BCUT2D eigenvalue weighted by Gasteiger charge is -2.36. The molecule has 2 aliphatic carbocycles. The fraction of sp³-hybridized carbons (Fsp3) is 0.692. The van der Waals surface area contributed by atoms with Gasteiger partial charge in [0.1, 0.15) is 0 Å². The lowest BCUT2D eigenvalue weighted by molar-refractivity contribution is 0.273. The molecule has 1 heterocycles. The van der Waals surface area contributed by atoms with E-state index >= 15 is 0 Å². The van der Waals surface area contributed by atoms with Crippen molar-refractivity contribution < 1.29 is 0 Å². The highest BCUT2D eigenvalue weighted by Gasteiger charge is 2.53. The number of hydrogen-bond acceptors (Lipinski definition) is 1. The fourth-order valence-electron chi connectivity index (χ4n) is 3.55. The van der Waals surface area contributed by atoms with E-state index < -0.39 is 0 Å². The van der Waals surface area contributed by atoms with Crippen LogP contribution in [-0.2, 0) is 6.42 Å². The maximum atomic E-state index is 5.87. The summed E-state index contributed by atoms with van der Waals surface area (Å²) < 4.78 is 0. The van der Waals surface area contributed by atoms with E-state index in [9.17, 15) is 0 Å². The number of nitrogens with two attached hydrogens (primary N) is 1. The summed E-state index contributed by atoms with van der Waals surface area (Å²) in [6.07, 6.45) is 9.89. The fourth-order valence-corrected chi connectivity index (χ4v) is 3.55. The van der Waals surface area contributed by atoms with Crippen LogP contribution in [0.15, 0.2) is 12.4 Å². The molecule has 0 radical (unpaired) electrons. The van der Waals surface area contributed by atoms with Crippen molar-refractivity contribution >= 4 is 0 Å². The molecule has 1 fully saturated rings. The Bertz CT molecular complexity index is 362. The second kappa shape index (κ2) is 3.11. The van der Waals surface area contributed by atoms with Crippen LogP contribution in [0.2, 0.25) is 0 Å². The maximum Gasteiger partial charge on any atom is 0.00433 e. The van der Waals surface area contributed by atoms with Crippen molar-refractivity contribution in [1.82, 2.24) is 4.98 Å². The van der Waals surface area contributed by atoms with E-state index in [-0.39, 0.29) is 0 Å². The summed E-state index contributed by atoms with van der Waals surface area (Å²) in [5.41, 5.74) is 9.61. The Balaban J connectivity index is 2.01. The number of aromatic nitrogens is 1. The van der Waals surface area contributed by atoms with E-state index in [2.05, 4.69) is 24.3 Å². The smallest absolute Gasteiger partial charge is 0.00433 e. The summed E-state index contributed by atoms with van der Waals surface area (Å²) in [6.45, 7) is 3.13. The van der Waals surface area contributed by atoms with Gasteiger partial charge in [-0.05, 0) is 60.6 Å². The van der Waals surface area contributed by atoms with Gasteiger partial charge in [0.25, 0.3) is 0 Å². The minimum atomic E-state index is 0.627. The molecule has 1 aromatic heterocycles. The molecule has 0 aromatic carbocycles. The van der Waals surface area contributed by atoms with Gasteiger partial charge < -0.3 is 10.7 Å². The second-order valence-electron chi connectivity index (χ2n) is 5.49. The minimum Gasteiger partial charge on any atom is -0.367 e. The summed E-state index contributed by atoms with van der Waals surface area (Å²) in [4.78, 5) is 3.27. The van der Waals surface area contributed by atoms with Gasteiger partial charge in [-0.25, -0.2) is 0 Å². The Morgan fingerprint density at radius 2 is 2.27 bits per heavy atom. The zero-order valence-corrected chi connectivity index (χ0v) is 9.42. The average molecular weight is 204 g/mol. The van der Waals surface area contributed by atoms with Crippen molar-refractivity contribution in [3.05, 3.63) is 23.5 Å². The predicted molar refractivity (Wildman–Crippen MR) is 61.7 cm³/mol. The Morgan fingerprint density at radius 1 is 1.47 bits per heavy atom. The number of fused-ring (bicyclic) bond motifs is 1. The van der Waals surface area contributed by atoms with Crippen LogP contribution in [0, 0.1) is 11.3 Å². The zero-order valence-electron chi connectivity index (χ0n) is 9.42. The van der Waals surface area contributed by atoms with Crippen LogP contribution in [0.4, 0.5) is 0 Å². The van der Waals surface area contributed by atoms with Crippen LogP contribution in [-0.4, -0.2) is 11.5 Å². The first-order chi connectivity index (χ1) is 7.27. The highest BCUT2D eigenvalue weighted by molar-refractivity contribution is 5.35. The van der Waals surface area contributed by atoms with E-state index in [1.165, 1.54) is 31.2 Å². The van der Waals surface area contributed by atoms with Gasteiger partial charge in [0.2, 0.25) is 0 Å². The average Bonchev–Trinajstić information content (AvgIpc) is 2.85. The molecule has 0 bridgehead atoms. The summed E-state index contributed by atoms with van der Waals surface area (Å²) in [5, 5.41) is 0. The molecule has 1 saturated carbocycles. The second-order valence-corrected chi connectivity index (χ2v) is 5.49. The van der Waals surface area contributed by atoms with Crippen molar-refractivity contribution in [2.75, 3.05) is 6.54 Å². The number of rotatable bonds is 2. The summed E-state index contributed by atoms with van der Waals surface area (Å²) in [6, 6.07) is 0. The van der Waals surface area contributed by atoms with Crippen molar-refractivity contribution in [3.8, 4) is 0 Å². The van der Waals surface area contributed by atoms with Crippen molar-refractivity contribution in [2.45, 2.75) is 38.5 Å². The topological polar surface area (TPSA) is 41.8 Å². The molecular weight excluding hydrogens is 184 g/mol. The lowest BCUT2D eigenvalue weighted by Crippen LogP contribution is -2.30. The van der Waals surface area contributed by atoms with Gasteiger partial charge in [0, 0.05) is 12.4 Å². The molecule has 0 amide bonds. The molecule has 2 nitrogen and oxygen atoms in total. The Morgan fingerprint density at radius 3 is 2.93 bits per heavy atom. The number of H-pyrrole nitrogens is 1. The molecule has 15 heavy (non-hydrogen) atoms. The van der Waals surface area contributed by atoms with E-state index in [0.717, 1.165) is 12.5 Å². The molecule has 1 spiro atoms. The van der Waals surface area contributed by atoms with Crippen LogP contribution in [0.5, 0.6) is 0 Å². The van der Waals surface area contributed by atoms with Gasteiger partial charge in [0.05, 0.1) is 0 Å². The van der Waals surface area contributed by atoms with E-state index in [1.54, 1.807) is 5.56 Å². The summed E-state index contributed by atoms with van der Waals surface area (Å²) in [5.74, 6) is 1.35. The molecule has 3 N–H and O–H groups in total. The number of nitrogens with one attached hydrogen (secondary N) is 1. The molecule has 3 rings (SSSR count). The highest BCUT2D eigenvalue weighted by atomic mass is 14.7. The SMILES string of the molecule is CC(CN)C1c2c[nH]cc2CCC12CC2. The van der Waals surface area contributed by atoms with Gasteiger partial charge in [-0.1, -0.05) is 6.92 Å². The number of hydrogen-bond donors (Lipinski definition) is 2. The molecule has 0 aliphatic heterocycles. The van der Waals surface area contributed by atoms with Crippen LogP contribution in [0.3, 0.4) is 0 Å². The quantitative estimate of drug-likeness (QED) is 0.763. The minimum absolute atomic E-state index is 0.627. The van der Waals surface area contributed by atoms with Gasteiger partial charge in [0.15, 0.2) is 0 Å². The molecule has 2 unspecified atom stereocenters. The Hall–Kier alpha value is -0.760. The van der Waals surface area contributed by atoms with E-state index in [1.807, 2.05) is 0 Å². The van der Waals surface area contributed by atoms with Crippen LogP contribution in [0.25, 0.3) is 0 Å².